The monoisotopic (exact) mass is 619 g/mol. The van der Waals surface area contributed by atoms with Gasteiger partial charge < -0.3 is 15.0 Å². The Labute approximate surface area is 252 Å². The first-order chi connectivity index (χ1) is 19.5. The number of ether oxygens (including phenoxy) is 1. The number of nitrogens with zero attached hydrogens (tertiary/aromatic N) is 2. The lowest BCUT2D eigenvalue weighted by molar-refractivity contribution is -0.140. The number of nitrogens with one attached hydrogen (secondary N) is 1. The van der Waals surface area contributed by atoms with Crippen molar-refractivity contribution in [1.29, 1.82) is 0 Å². The van der Waals surface area contributed by atoms with E-state index in [0.717, 1.165) is 4.31 Å². The van der Waals surface area contributed by atoms with E-state index in [1.807, 2.05) is 13.8 Å². The van der Waals surface area contributed by atoms with Crippen molar-refractivity contribution < 1.29 is 22.7 Å². The average Bonchev–Trinajstić information content (AvgIpc) is 2.96. The van der Waals surface area contributed by atoms with Crippen LogP contribution in [-0.4, -0.2) is 50.9 Å². The molecule has 0 bridgehead atoms. The first-order valence-electron chi connectivity index (χ1n) is 13.3. The molecule has 0 aliphatic carbocycles. The van der Waals surface area contributed by atoms with Crippen LogP contribution in [0.1, 0.15) is 39.2 Å². The van der Waals surface area contributed by atoms with E-state index in [4.69, 9.17) is 27.9 Å². The second-order valence-electron chi connectivity index (χ2n) is 9.50. The van der Waals surface area contributed by atoms with Gasteiger partial charge in [-0.2, -0.15) is 0 Å². The van der Waals surface area contributed by atoms with Crippen LogP contribution in [0.5, 0.6) is 5.75 Å². The van der Waals surface area contributed by atoms with Gasteiger partial charge in [0.25, 0.3) is 10.0 Å². The first-order valence-corrected chi connectivity index (χ1v) is 15.5. The summed E-state index contributed by atoms with van der Waals surface area (Å²) < 4.78 is 34.4. The molecule has 1 N–H and O–H groups in total. The third-order valence-corrected chi connectivity index (χ3v) is 9.08. The highest BCUT2D eigenvalue weighted by Gasteiger charge is 2.35. The Kier molecular flexibility index (Phi) is 11.5. The predicted molar refractivity (Wildman–Crippen MR) is 163 cm³/mol. The lowest BCUT2D eigenvalue weighted by Gasteiger charge is -2.34. The van der Waals surface area contributed by atoms with Crippen molar-refractivity contribution in [3.63, 3.8) is 0 Å². The number of amides is 2. The fourth-order valence-corrected chi connectivity index (χ4v) is 6.06. The molecule has 2 amide bonds. The molecular formula is C30H35Cl2N3O5S. The van der Waals surface area contributed by atoms with E-state index in [2.05, 4.69) is 5.32 Å². The minimum atomic E-state index is -4.27. The molecule has 0 aliphatic heterocycles. The van der Waals surface area contributed by atoms with Gasteiger partial charge in [-0.1, -0.05) is 73.4 Å². The Morgan fingerprint density at radius 2 is 1.61 bits per heavy atom. The van der Waals surface area contributed by atoms with Crippen LogP contribution in [0.25, 0.3) is 0 Å². The van der Waals surface area contributed by atoms with Crippen LogP contribution in [0.2, 0.25) is 10.0 Å². The molecule has 0 saturated carbocycles. The van der Waals surface area contributed by atoms with Gasteiger partial charge in [-0.15, -0.1) is 0 Å². The Balaban J connectivity index is 2.13. The number of hydrogen-bond acceptors (Lipinski definition) is 5. The standard InChI is InChI=1S/C30H35Cl2N3O5S/c1-5-21(3)33-30(37)26(6-2)34(19-22-12-10-11-15-25(22)32)29(36)20-35(27-18-23(31)16-17-28(27)40-4)41(38,39)24-13-8-7-9-14-24/h7-18,21,26H,5-6,19-20H2,1-4H3,(H,33,37)/t21-,26-/m1/s1. The molecule has 3 rings (SSSR count). The van der Waals surface area contributed by atoms with Gasteiger partial charge in [0.15, 0.2) is 0 Å². The summed E-state index contributed by atoms with van der Waals surface area (Å²) in [5, 5.41) is 3.63. The second-order valence-corrected chi connectivity index (χ2v) is 12.2. The predicted octanol–water partition coefficient (Wildman–Crippen LogP) is 5.92. The van der Waals surface area contributed by atoms with Gasteiger partial charge in [0.2, 0.25) is 11.8 Å². The number of anilines is 1. The third-order valence-electron chi connectivity index (χ3n) is 6.71. The molecule has 0 spiro atoms. The van der Waals surface area contributed by atoms with Crippen LogP contribution in [0.3, 0.4) is 0 Å². The van der Waals surface area contributed by atoms with Gasteiger partial charge in [0.05, 0.1) is 17.7 Å². The minimum absolute atomic E-state index is 0.00313. The summed E-state index contributed by atoms with van der Waals surface area (Å²) in [5.74, 6) is -0.724. The fourth-order valence-electron chi connectivity index (χ4n) is 4.26. The topological polar surface area (TPSA) is 96.0 Å². The molecule has 220 valence electrons. The quantitative estimate of drug-likeness (QED) is 0.256. The number of methoxy groups -OCH3 is 1. The van der Waals surface area contributed by atoms with E-state index in [0.29, 0.717) is 23.4 Å². The van der Waals surface area contributed by atoms with Crippen LogP contribution in [0, 0.1) is 0 Å². The van der Waals surface area contributed by atoms with E-state index in [1.54, 1.807) is 55.5 Å². The molecule has 3 aromatic carbocycles. The highest BCUT2D eigenvalue weighted by molar-refractivity contribution is 7.92. The third kappa shape index (κ3) is 7.93. The van der Waals surface area contributed by atoms with Gasteiger partial charge in [-0.3, -0.25) is 13.9 Å². The maximum absolute atomic E-state index is 14.2. The first kappa shape index (κ1) is 32.2. The van der Waals surface area contributed by atoms with Crippen molar-refractivity contribution in [3.05, 3.63) is 88.4 Å². The number of rotatable bonds is 13. The minimum Gasteiger partial charge on any atom is -0.495 e. The zero-order valence-corrected chi connectivity index (χ0v) is 25.8. The molecule has 41 heavy (non-hydrogen) atoms. The Morgan fingerprint density at radius 3 is 2.22 bits per heavy atom. The highest BCUT2D eigenvalue weighted by Crippen LogP contribution is 2.35. The van der Waals surface area contributed by atoms with E-state index >= 15 is 0 Å². The van der Waals surface area contributed by atoms with Crippen molar-refractivity contribution in [2.24, 2.45) is 0 Å². The van der Waals surface area contributed by atoms with Crippen molar-refractivity contribution >= 4 is 50.7 Å². The maximum atomic E-state index is 14.2. The van der Waals surface area contributed by atoms with Crippen molar-refractivity contribution in [2.45, 2.75) is 57.1 Å². The molecule has 0 aliphatic rings. The van der Waals surface area contributed by atoms with Crippen LogP contribution in [0.15, 0.2) is 77.7 Å². The van der Waals surface area contributed by atoms with E-state index < -0.39 is 28.5 Å². The zero-order chi connectivity index (χ0) is 30.2. The van der Waals surface area contributed by atoms with Crippen LogP contribution in [0.4, 0.5) is 5.69 Å². The molecule has 0 heterocycles. The molecule has 0 aromatic heterocycles. The number of carbonyl (C=O) groups is 2. The smallest absolute Gasteiger partial charge is 0.264 e. The van der Waals surface area contributed by atoms with Crippen LogP contribution < -0.4 is 14.4 Å². The summed E-state index contributed by atoms with van der Waals surface area (Å²) in [6.45, 7) is 5.00. The maximum Gasteiger partial charge on any atom is 0.264 e. The summed E-state index contributed by atoms with van der Waals surface area (Å²) in [7, 11) is -2.87. The zero-order valence-electron chi connectivity index (χ0n) is 23.5. The van der Waals surface area contributed by atoms with Gasteiger partial charge >= 0.3 is 0 Å². The molecule has 0 saturated heterocycles. The second kappa shape index (κ2) is 14.6. The van der Waals surface area contributed by atoms with Crippen molar-refractivity contribution in [3.8, 4) is 5.75 Å². The van der Waals surface area contributed by atoms with Crippen molar-refractivity contribution in [2.75, 3.05) is 18.0 Å². The molecule has 2 atom stereocenters. The molecule has 3 aromatic rings. The lowest BCUT2D eigenvalue weighted by atomic mass is 10.1. The summed E-state index contributed by atoms with van der Waals surface area (Å²) in [4.78, 5) is 28.9. The molecule has 0 unspecified atom stereocenters. The SMILES string of the molecule is CC[C@@H](C)NC(=O)[C@@H](CC)N(Cc1ccccc1Cl)C(=O)CN(c1cc(Cl)ccc1OC)S(=O)(=O)c1ccccc1. The Hall–Kier alpha value is -3.27. The van der Waals surface area contributed by atoms with Crippen molar-refractivity contribution in [1.82, 2.24) is 10.2 Å². The average molecular weight is 621 g/mol. The summed E-state index contributed by atoms with van der Waals surface area (Å²) in [6, 6.07) is 18.3. The molecule has 8 nitrogen and oxygen atoms in total. The lowest BCUT2D eigenvalue weighted by Crippen LogP contribution is -2.53. The van der Waals surface area contributed by atoms with Gasteiger partial charge in [0.1, 0.15) is 18.3 Å². The van der Waals surface area contributed by atoms with E-state index in [1.165, 1.54) is 36.3 Å². The molecular weight excluding hydrogens is 585 g/mol. The number of sulfonamides is 1. The molecule has 0 radical (unpaired) electrons. The fraction of sp³-hybridized carbons (Fsp3) is 0.333. The number of benzene rings is 3. The Bertz CT molecular complexity index is 1450. The summed E-state index contributed by atoms with van der Waals surface area (Å²) in [5.41, 5.74) is 0.710. The molecule has 0 fully saturated rings. The number of carbonyl (C=O) groups excluding carboxylic acids is 2. The highest BCUT2D eigenvalue weighted by atomic mass is 35.5. The van der Waals surface area contributed by atoms with Gasteiger partial charge in [0, 0.05) is 22.6 Å². The van der Waals surface area contributed by atoms with Crippen LogP contribution in [-0.2, 0) is 26.2 Å². The number of halogens is 2. The largest absolute Gasteiger partial charge is 0.495 e. The van der Waals surface area contributed by atoms with E-state index in [9.17, 15) is 18.0 Å². The van der Waals surface area contributed by atoms with E-state index in [-0.39, 0.29) is 39.8 Å². The summed E-state index contributed by atoms with van der Waals surface area (Å²) >= 11 is 12.7. The normalized spacial score (nSPS) is 12.7. The van der Waals surface area contributed by atoms with Gasteiger partial charge in [-0.05, 0) is 61.7 Å². The van der Waals surface area contributed by atoms with Crippen LogP contribution >= 0.6 is 23.2 Å². The summed E-state index contributed by atoms with van der Waals surface area (Å²) in [6.07, 6.45) is 1.00. The van der Waals surface area contributed by atoms with Gasteiger partial charge in [-0.25, -0.2) is 8.42 Å². The number of hydrogen-bond donors (Lipinski definition) is 1. The molecule has 11 heteroatoms. The Morgan fingerprint density at radius 1 is 0.951 bits per heavy atom.